The Kier molecular flexibility index (Phi) is 3.79. The minimum Gasteiger partial charge on any atom is -0.493 e. The first-order valence-corrected chi connectivity index (χ1v) is 8.11. The number of ether oxygens (including phenoxy) is 2. The second-order valence-corrected chi connectivity index (χ2v) is 6.01. The van der Waals surface area contributed by atoms with Crippen molar-refractivity contribution in [3.8, 4) is 5.75 Å². The molecule has 1 saturated heterocycles. The van der Waals surface area contributed by atoms with E-state index in [2.05, 4.69) is 4.99 Å². The number of benzene rings is 1. The van der Waals surface area contributed by atoms with E-state index in [1.807, 2.05) is 23.1 Å². The molecule has 25 heavy (non-hydrogen) atoms. The molecule has 0 atom stereocenters. The summed E-state index contributed by atoms with van der Waals surface area (Å²) < 4.78 is 10.9. The zero-order chi connectivity index (χ0) is 17.4. The van der Waals surface area contributed by atoms with Crippen LogP contribution in [0.4, 0.5) is 4.79 Å². The molecule has 8 heteroatoms. The Balaban J connectivity index is 1.53. The van der Waals surface area contributed by atoms with Crippen molar-refractivity contribution in [3.63, 3.8) is 0 Å². The number of carbonyl (C=O) groups excluding carboxylic acids is 1. The third-order valence-corrected chi connectivity index (χ3v) is 4.48. The maximum atomic E-state index is 12.1. The predicted molar refractivity (Wildman–Crippen MR) is 87.5 cm³/mol. The van der Waals surface area contributed by atoms with Crippen molar-refractivity contribution >= 4 is 18.0 Å². The minimum atomic E-state index is -0.923. The zero-order valence-electron chi connectivity index (χ0n) is 13.5. The maximum absolute atomic E-state index is 12.1. The fourth-order valence-electron chi connectivity index (χ4n) is 3.15. The molecule has 0 unspecified atom stereocenters. The van der Waals surface area contributed by atoms with Crippen LogP contribution >= 0.6 is 0 Å². The average Bonchev–Trinajstić information content (AvgIpc) is 3.22. The summed E-state index contributed by atoms with van der Waals surface area (Å²) in [4.78, 5) is 30.7. The van der Waals surface area contributed by atoms with Crippen molar-refractivity contribution in [1.82, 2.24) is 9.80 Å². The molecule has 3 aliphatic heterocycles. The Hall–Kier alpha value is -3.03. The molecule has 3 heterocycles. The molecule has 3 aliphatic rings. The molecule has 0 spiro atoms. The molecule has 8 nitrogen and oxygen atoms in total. The van der Waals surface area contributed by atoms with Crippen LogP contribution in [0.2, 0.25) is 0 Å². The topological polar surface area (TPSA) is 91.7 Å². The van der Waals surface area contributed by atoms with Gasteiger partial charge in [0.15, 0.2) is 5.70 Å². The summed E-state index contributed by atoms with van der Waals surface area (Å²) in [5.74, 6) is 0.605. The van der Waals surface area contributed by atoms with Gasteiger partial charge in [0.05, 0.1) is 6.61 Å². The van der Waals surface area contributed by atoms with Gasteiger partial charge in [-0.3, -0.25) is 0 Å². The van der Waals surface area contributed by atoms with Crippen LogP contribution < -0.4 is 4.74 Å². The summed E-state index contributed by atoms with van der Waals surface area (Å²) >= 11 is 0. The lowest BCUT2D eigenvalue weighted by molar-refractivity contribution is -0.130. The first-order valence-electron chi connectivity index (χ1n) is 8.11. The molecular weight excluding hydrogens is 326 g/mol. The number of cyclic esters (lactones) is 1. The van der Waals surface area contributed by atoms with E-state index in [0.717, 1.165) is 23.3 Å². The normalized spacial score (nSPS) is 21.0. The summed E-state index contributed by atoms with van der Waals surface area (Å²) in [6.45, 7) is 2.44. The first-order chi connectivity index (χ1) is 12.1. The highest BCUT2D eigenvalue weighted by atomic mass is 16.6. The van der Waals surface area contributed by atoms with Gasteiger partial charge < -0.3 is 24.4 Å². The smallest absolute Gasteiger partial charge is 0.407 e. The summed E-state index contributed by atoms with van der Waals surface area (Å²) in [5, 5.41) is 8.97. The molecule has 0 aliphatic carbocycles. The number of nitrogens with zero attached hydrogens (tertiary/aromatic N) is 3. The van der Waals surface area contributed by atoms with Gasteiger partial charge in [-0.15, -0.1) is 0 Å². The van der Waals surface area contributed by atoms with Crippen LogP contribution in [0, 0.1) is 0 Å². The lowest BCUT2D eigenvalue weighted by Crippen LogP contribution is -2.46. The molecule has 1 amide bonds. The highest BCUT2D eigenvalue weighted by Crippen LogP contribution is 2.30. The van der Waals surface area contributed by atoms with Gasteiger partial charge in [-0.05, 0) is 12.1 Å². The van der Waals surface area contributed by atoms with Crippen molar-refractivity contribution in [1.29, 1.82) is 0 Å². The summed E-state index contributed by atoms with van der Waals surface area (Å²) in [6.07, 6.45) is 1.49. The lowest BCUT2D eigenvalue weighted by atomic mass is 10.1. The molecule has 4 rings (SSSR count). The quantitative estimate of drug-likeness (QED) is 0.638. The second kappa shape index (κ2) is 6.12. The van der Waals surface area contributed by atoms with E-state index in [-0.39, 0.29) is 5.70 Å². The number of fused-ring (bicyclic) bond motifs is 1. The number of piperazine rings is 1. The fourth-order valence-corrected chi connectivity index (χ4v) is 3.15. The lowest BCUT2D eigenvalue weighted by Gasteiger charge is -2.32. The maximum Gasteiger partial charge on any atom is 0.407 e. The van der Waals surface area contributed by atoms with Gasteiger partial charge in [-0.25, -0.2) is 14.6 Å². The van der Waals surface area contributed by atoms with Crippen molar-refractivity contribution < 1.29 is 24.2 Å². The van der Waals surface area contributed by atoms with E-state index in [1.54, 1.807) is 6.20 Å². The molecule has 130 valence electrons. The number of hydrogen-bond acceptors (Lipinski definition) is 6. The Labute approximate surface area is 143 Å². The number of carbonyl (C=O) groups is 2. The molecule has 0 saturated carbocycles. The van der Waals surface area contributed by atoms with Gasteiger partial charge in [0.2, 0.25) is 5.90 Å². The zero-order valence-corrected chi connectivity index (χ0v) is 13.5. The third-order valence-electron chi connectivity index (χ3n) is 4.48. The molecule has 1 fully saturated rings. The predicted octanol–water partition coefficient (Wildman–Crippen LogP) is 1.06. The standard InChI is InChI=1S/C17H17N3O5/c21-16-13(10-19-5-7-20(8-6-19)17(22)23)18-15(25-16)12-2-1-3-14-11(12)4-9-24-14/h1-3,10H,4-9H2,(H,22,23)/b13-10+. The Morgan fingerprint density at radius 3 is 2.80 bits per heavy atom. The summed E-state index contributed by atoms with van der Waals surface area (Å²) in [6, 6.07) is 5.61. The highest BCUT2D eigenvalue weighted by Gasteiger charge is 2.29. The Morgan fingerprint density at radius 1 is 1.24 bits per heavy atom. The van der Waals surface area contributed by atoms with Crippen LogP contribution in [-0.2, 0) is 16.0 Å². The first kappa shape index (κ1) is 15.5. The monoisotopic (exact) mass is 343 g/mol. The molecule has 1 N–H and O–H groups in total. The van der Waals surface area contributed by atoms with Crippen LogP contribution in [0.15, 0.2) is 35.1 Å². The molecule has 0 aromatic heterocycles. The number of carboxylic acid groups (broad SMARTS) is 1. The molecule has 0 radical (unpaired) electrons. The van der Waals surface area contributed by atoms with E-state index in [1.165, 1.54) is 4.90 Å². The SMILES string of the molecule is O=C1OC(c2cccc3c2CCO3)=N/C1=C/N1CCN(C(=O)O)CC1. The molecular formula is C17H17N3O5. The van der Waals surface area contributed by atoms with Crippen molar-refractivity contribution in [2.75, 3.05) is 32.8 Å². The van der Waals surface area contributed by atoms with Crippen LogP contribution in [0.1, 0.15) is 11.1 Å². The van der Waals surface area contributed by atoms with Crippen LogP contribution in [0.25, 0.3) is 0 Å². The molecule has 1 aromatic rings. The van der Waals surface area contributed by atoms with Crippen molar-refractivity contribution in [2.24, 2.45) is 4.99 Å². The highest BCUT2D eigenvalue weighted by molar-refractivity contribution is 6.11. The van der Waals surface area contributed by atoms with Gasteiger partial charge in [0.25, 0.3) is 0 Å². The summed E-state index contributed by atoms with van der Waals surface area (Å²) in [5.41, 5.74) is 2.02. The van der Waals surface area contributed by atoms with Crippen LogP contribution in [0.5, 0.6) is 5.75 Å². The number of rotatable bonds is 2. The van der Waals surface area contributed by atoms with Gasteiger partial charge >= 0.3 is 12.1 Å². The number of amides is 1. The average molecular weight is 343 g/mol. The van der Waals surface area contributed by atoms with E-state index < -0.39 is 12.1 Å². The minimum absolute atomic E-state index is 0.232. The van der Waals surface area contributed by atoms with Crippen molar-refractivity contribution in [2.45, 2.75) is 6.42 Å². The number of esters is 1. The fraction of sp³-hybridized carbons (Fsp3) is 0.353. The van der Waals surface area contributed by atoms with E-state index >= 15 is 0 Å². The van der Waals surface area contributed by atoms with Crippen LogP contribution in [-0.4, -0.2) is 65.7 Å². The molecule has 1 aromatic carbocycles. The van der Waals surface area contributed by atoms with E-state index in [4.69, 9.17) is 14.6 Å². The van der Waals surface area contributed by atoms with Gasteiger partial charge in [-0.1, -0.05) is 6.07 Å². The third kappa shape index (κ3) is 2.90. The largest absolute Gasteiger partial charge is 0.493 e. The van der Waals surface area contributed by atoms with Crippen molar-refractivity contribution in [3.05, 3.63) is 41.2 Å². The Morgan fingerprint density at radius 2 is 2.04 bits per heavy atom. The summed E-state index contributed by atoms with van der Waals surface area (Å²) in [7, 11) is 0. The van der Waals surface area contributed by atoms with Gasteiger partial charge in [-0.2, -0.15) is 0 Å². The number of aliphatic imine (C=N–C) groups is 1. The van der Waals surface area contributed by atoms with Gasteiger partial charge in [0.1, 0.15) is 5.75 Å². The Bertz CT molecular complexity index is 793. The van der Waals surface area contributed by atoms with E-state index in [9.17, 15) is 9.59 Å². The van der Waals surface area contributed by atoms with Gasteiger partial charge in [0, 0.05) is 49.9 Å². The number of hydrogen-bond donors (Lipinski definition) is 1. The second-order valence-electron chi connectivity index (χ2n) is 6.01. The van der Waals surface area contributed by atoms with E-state index in [0.29, 0.717) is 38.7 Å². The van der Waals surface area contributed by atoms with Crippen LogP contribution in [0.3, 0.4) is 0 Å². The molecule has 0 bridgehead atoms.